The zero-order chi connectivity index (χ0) is 14.1. The van der Waals surface area contributed by atoms with Gasteiger partial charge in [-0.2, -0.15) is 0 Å². The predicted octanol–water partition coefficient (Wildman–Crippen LogP) is 4.72. The van der Waals surface area contributed by atoms with E-state index in [-0.39, 0.29) is 0 Å². The molecule has 3 atom stereocenters. The molecule has 0 aromatic carbocycles. The zero-order valence-electron chi connectivity index (χ0n) is 13.5. The molecule has 110 valence electrons. The van der Waals surface area contributed by atoms with Crippen molar-refractivity contribution in [2.24, 2.45) is 11.8 Å². The third-order valence-corrected chi connectivity index (χ3v) is 4.14. The molecule has 3 unspecified atom stereocenters. The summed E-state index contributed by atoms with van der Waals surface area (Å²) >= 11 is 0. The Morgan fingerprint density at radius 2 is 2.00 bits per heavy atom. The van der Waals surface area contributed by atoms with Gasteiger partial charge in [0.2, 0.25) is 0 Å². The minimum Gasteiger partial charge on any atom is -0.297 e. The summed E-state index contributed by atoms with van der Waals surface area (Å²) in [5, 5.41) is 0. The second kappa shape index (κ2) is 9.43. The van der Waals surface area contributed by atoms with Crippen molar-refractivity contribution in [1.82, 2.24) is 4.90 Å². The predicted molar refractivity (Wildman–Crippen MR) is 85.1 cm³/mol. The van der Waals surface area contributed by atoms with Gasteiger partial charge < -0.3 is 0 Å². The normalized spacial score (nSPS) is 23.0. The minimum atomic E-state index is 0.847. The van der Waals surface area contributed by atoms with Gasteiger partial charge in [-0.25, -0.2) is 0 Å². The van der Waals surface area contributed by atoms with Gasteiger partial charge in [0.05, 0.1) is 0 Å². The van der Waals surface area contributed by atoms with Gasteiger partial charge >= 0.3 is 0 Å². The quantitative estimate of drug-likeness (QED) is 0.313. The molecule has 0 aromatic rings. The summed E-state index contributed by atoms with van der Waals surface area (Å²) in [6, 6.07) is 0.915. The van der Waals surface area contributed by atoms with E-state index in [1.807, 2.05) is 6.92 Å². The molecule has 1 heteroatoms. The molecular formula is C18H33N. The highest BCUT2D eigenvalue weighted by Gasteiger charge is 2.39. The van der Waals surface area contributed by atoms with Crippen LogP contribution in [0.4, 0.5) is 0 Å². The van der Waals surface area contributed by atoms with E-state index in [0.29, 0.717) is 0 Å². The van der Waals surface area contributed by atoms with Crippen LogP contribution in [-0.4, -0.2) is 24.0 Å². The van der Waals surface area contributed by atoms with Crippen molar-refractivity contribution < 1.29 is 0 Å². The van der Waals surface area contributed by atoms with Gasteiger partial charge in [0.25, 0.3) is 0 Å². The van der Waals surface area contributed by atoms with Crippen LogP contribution >= 0.6 is 0 Å². The lowest BCUT2D eigenvalue weighted by Crippen LogP contribution is -2.16. The van der Waals surface area contributed by atoms with E-state index >= 15 is 0 Å². The first-order valence-corrected chi connectivity index (χ1v) is 8.32. The number of rotatable bonds is 10. The summed E-state index contributed by atoms with van der Waals surface area (Å²) < 4.78 is 0. The third kappa shape index (κ3) is 7.02. The monoisotopic (exact) mass is 263 g/mol. The first kappa shape index (κ1) is 16.6. The summed E-state index contributed by atoms with van der Waals surface area (Å²) in [7, 11) is 0. The lowest BCUT2D eigenvalue weighted by atomic mass is 9.89. The fourth-order valence-electron chi connectivity index (χ4n) is 3.18. The van der Waals surface area contributed by atoms with Gasteiger partial charge in [-0.1, -0.05) is 33.6 Å². The van der Waals surface area contributed by atoms with Crippen molar-refractivity contribution in [3.05, 3.63) is 0 Å². The number of nitrogens with zero attached hydrogens (tertiary/aromatic N) is 1. The maximum absolute atomic E-state index is 3.17. The second-order valence-corrected chi connectivity index (χ2v) is 6.48. The highest BCUT2D eigenvalue weighted by Crippen LogP contribution is 2.33. The average molecular weight is 263 g/mol. The number of hydrogen-bond donors (Lipinski definition) is 0. The molecule has 0 spiro atoms. The SMILES string of the molecule is CC#CCCCCCC(CC(C)C)C1CN1CCC. The van der Waals surface area contributed by atoms with Crippen LogP contribution in [0.15, 0.2) is 0 Å². The average Bonchev–Trinajstić information content (AvgIpc) is 3.11. The van der Waals surface area contributed by atoms with E-state index in [1.54, 1.807) is 0 Å². The van der Waals surface area contributed by atoms with Crippen LogP contribution in [0, 0.1) is 23.7 Å². The summed E-state index contributed by atoms with van der Waals surface area (Å²) in [5.74, 6) is 7.95. The summed E-state index contributed by atoms with van der Waals surface area (Å²) in [6.07, 6.45) is 9.31. The van der Waals surface area contributed by atoms with Crippen LogP contribution in [0.3, 0.4) is 0 Å². The Kier molecular flexibility index (Phi) is 8.22. The largest absolute Gasteiger partial charge is 0.297 e. The van der Waals surface area contributed by atoms with Crippen LogP contribution in [0.1, 0.15) is 72.6 Å². The smallest absolute Gasteiger partial charge is 0.0252 e. The van der Waals surface area contributed by atoms with Crippen molar-refractivity contribution >= 4 is 0 Å². The van der Waals surface area contributed by atoms with Crippen molar-refractivity contribution in [3.63, 3.8) is 0 Å². The molecule has 1 aliphatic heterocycles. The molecule has 0 radical (unpaired) electrons. The lowest BCUT2D eigenvalue weighted by Gasteiger charge is -2.19. The van der Waals surface area contributed by atoms with Gasteiger partial charge in [0, 0.05) is 19.0 Å². The summed E-state index contributed by atoms with van der Waals surface area (Å²) in [4.78, 5) is 2.68. The van der Waals surface area contributed by atoms with E-state index in [1.165, 1.54) is 51.6 Å². The fraction of sp³-hybridized carbons (Fsp3) is 0.889. The highest BCUT2D eigenvalue weighted by atomic mass is 15.3. The van der Waals surface area contributed by atoms with Gasteiger partial charge in [-0.15, -0.1) is 11.8 Å². The van der Waals surface area contributed by atoms with Crippen LogP contribution < -0.4 is 0 Å². The fourth-order valence-corrected chi connectivity index (χ4v) is 3.18. The topological polar surface area (TPSA) is 3.01 Å². The molecule has 0 amide bonds. The molecule has 1 saturated heterocycles. The Morgan fingerprint density at radius 1 is 1.21 bits per heavy atom. The molecule has 1 nitrogen and oxygen atoms in total. The van der Waals surface area contributed by atoms with Gasteiger partial charge in [0.15, 0.2) is 0 Å². The van der Waals surface area contributed by atoms with Crippen LogP contribution in [0.5, 0.6) is 0 Å². The van der Waals surface area contributed by atoms with Crippen molar-refractivity contribution in [2.75, 3.05) is 13.1 Å². The van der Waals surface area contributed by atoms with Crippen LogP contribution in [0.25, 0.3) is 0 Å². The Bertz CT molecular complexity index is 284. The number of unbranched alkanes of at least 4 members (excludes halogenated alkanes) is 3. The maximum Gasteiger partial charge on any atom is 0.0252 e. The lowest BCUT2D eigenvalue weighted by molar-refractivity contribution is 0.321. The Morgan fingerprint density at radius 3 is 2.63 bits per heavy atom. The van der Waals surface area contributed by atoms with Crippen molar-refractivity contribution in [3.8, 4) is 11.8 Å². The molecule has 0 aromatic heterocycles. The molecular weight excluding hydrogens is 230 g/mol. The van der Waals surface area contributed by atoms with Crippen molar-refractivity contribution in [2.45, 2.75) is 78.7 Å². The third-order valence-electron chi connectivity index (χ3n) is 4.14. The molecule has 0 bridgehead atoms. The second-order valence-electron chi connectivity index (χ2n) is 6.48. The van der Waals surface area contributed by atoms with Gasteiger partial charge in [-0.05, 0) is 51.0 Å². The Labute approximate surface area is 121 Å². The Balaban J connectivity index is 2.20. The van der Waals surface area contributed by atoms with E-state index in [4.69, 9.17) is 0 Å². The molecule has 0 aliphatic carbocycles. The summed E-state index contributed by atoms with van der Waals surface area (Å²) in [6.45, 7) is 11.7. The van der Waals surface area contributed by atoms with E-state index in [0.717, 1.165) is 24.3 Å². The first-order chi connectivity index (χ1) is 9.19. The molecule has 1 fully saturated rings. The highest BCUT2D eigenvalue weighted by molar-refractivity contribution is 4.95. The molecule has 1 heterocycles. The van der Waals surface area contributed by atoms with E-state index < -0.39 is 0 Å². The standard InChI is InChI=1S/C18H33N/c1-5-7-8-9-10-11-12-17(14-16(3)4)18-15-19(18)13-6-2/h16-18H,6,8-15H2,1-4H3. The Hall–Kier alpha value is -0.480. The zero-order valence-corrected chi connectivity index (χ0v) is 13.5. The van der Waals surface area contributed by atoms with Crippen molar-refractivity contribution in [1.29, 1.82) is 0 Å². The van der Waals surface area contributed by atoms with Crippen LogP contribution in [-0.2, 0) is 0 Å². The summed E-state index contributed by atoms with van der Waals surface area (Å²) in [5.41, 5.74) is 0. The maximum atomic E-state index is 3.17. The molecule has 19 heavy (non-hydrogen) atoms. The van der Waals surface area contributed by atoms with Gasteiger partial charge in [0.1, 0.15) is 0 Å². The van der Waals surface area contributed by atoms with Gasteiger partial charge in [-0.3, -0.25) is 4.90 Å². The molecule has 1 rings (SSSR count). The van der Waals surface area contributed by atoms with Crippen LogP contribution in [0.2, 0.25) is 0 Å². The molecule has 0 saturated carbocycles. The number of hydrogen-bond acceptors (Lipinski definition) is 1. The molecule has 1 aliphatic rings. The van der Waals surface area contributed by atoms with E-state index in [9.17, 15) is 0 Å². The van der Waals surface area contributed by atoms with E-state index in [2.05, 4.69) is 37.5 Å². The minimum absolute atomic E-state index is 0.847. The molecule has 0 N–H and O–H groups in total. The first-order valence-electron chi connectivity index (χ1n) is 8.32.